The SMILES string of the molecule is O=C(c1c[nH]c2ccccc12)C(Sc1n[nH]c(/C=C/c2ccc(F)cc2)n1)c1ccccc1. The number of benzene rings is 3. The molecule has 0 aliphatic rings. The first-order valence-electron chi connectivity index (χ1n) is 10.4. The van der Waals surface area contributed by atoms with Gasteiger partial charge >= 0.3 is 0 Å². The van der Waals surface area contributed by atoms with Gasteiger partial charge in [0.2, 0.25) is 5.16 Å². The van der Waals surface area contributed by atoms with Crippen LogP contribution in [0, 0.1) is 5.82 Å². The highest BCUT2D eigenvalue weighted by Gasteiger charge is 2.27. The molecule has 1 atom stereocenters. The average molecular weight is 455 g/mol. The first kappa shape index (κ1) is 20.9. The number of carbonyl (C=O) groups excluding carboxylic acids is 1. The second kappa shape index (κ2) is 9.26. The van der Waals surface area contributed by atoms with E-state index < -0.39 is 5.25 Å². The summed E-state index contributed by atoms with van der Waals surface area (Å²) in [6.07, 6.45) is 5.35. The zero-order valence-corrected chi connectivity index (χ0v) is 18.2. The van der Waals surface area contributed by atoms with Crippen molar-refractivity contribution in [2.24, 2.45) is 0 Å². The lowest BCUT2D eigenvalue weighted by Gasteiger charge is -2.14. The molecule has 2 heterocycles. The van der Waals surface area contributed by atoms with Gasteiger partial charge in [-0.25, -0.2) is 9.37 Å². The Hall–Kier alpha value is -3.97. The number of thioether (sulfide) groups is 1. The highest BCUT2D eigenvalue weighted by Crippen LogP contribution is 2.37. The van der Waals surface area contributed by atoms with Crippen LogP contribution in [-0.4, -0.2) is 25.9 Å². The number of Topliss-reactive ketones (excluding diaryl/α,β-unsaturated/α-hetero) is 1. The summed E-state index contributed by atoms with van der Waals surface area (Å²) >= 11 is 1.30. The summed E-state index contributed by atoms with van der Waals surface area (Å²) in [6, 6.07) is 23.6. The van der Waals surface area contributed by atoms with E-state index in [4.69, 9.17) is 0 Å². The van der Waals surface area contributed by atoms with Gasteiger partial charge in [0.25, 0.3) is 0 Å². The molecule has 0 fully saturated rings. The zero-order valence-electron chi connectivity index (χ0n) is 17.4. The number of para-hydroxylation sites is 1. The van der Waals surface area contributed by atoms with Crippen molar-refractivity contribution in [1.82, 2.24) is 20.2 Å². The largest absolute Gasteiger partial charge is 0.360 e. The minimum atomic E-state index is -0.505. The van der Waals surface area contributed by atoms with E-state index in [-0.39, 0.29) is 11.6 Å². The minimum Gasteiger partial charge on any atom is -0.360 e. The van der Waals surface area contributed by atoms with E-state index in [2.05, 4.69) is 20.2 Å². The molecule has 162 valence electrons. The molecular weight excluding hydrogens is 435 g/mol. The van der Waals surface area contributed by atoms with Crippen molar-refractivity contribution in [3.8, 4) is 0 Å². The van der Waals surface area contributed by atoms with Crippen LogP contribution in [0.3, 0.4) is 0 Å². The fraction of sp³-hybridized carbons (Fsp3) is 0.0385. The van der Waals surface area contributed by atoms with Gasteiger partial charge in [0, 0.05) is 22.7 Å². The molecule has 5 rings (SSSR count). The third-order valence-corrected chi connectivity index (χ3v) is 6.32. The van der Waals surface area contributed by atoms with E-state index in [1.54, 1.807) is 24.4 Å². The number of rotatable bonds is 7. The predicted octanol–water partition coefficient (Wildman–Crippen LogP) is 6.31. The number of hydrogen-bond acceptors (Lipinski definition) is 4. The lowest BCUT2D eigenvalue weighted by Crippen LogP contribution is -2.10. The Kier molecular flexibility index (Phi) is 5.87. The van der Waals surface area contributed by atoms with Gasteiger partial charge < -0.3 is 4.98 Å². The number of nitrogens with one attached hydrogen (secondary N) is 2. The molecule has 5 aromatic rings. The van der Waals surface area contributed by atoms with Crippen LogP contribution >= 0.6 is 11.8 Å². The average Bonchev–Trinajstić information content (AvgIpc) is 3.49. The van der Waals surface area contributed by atoms with Crippen LogP contribution in [0.4, 0.5) is 4.39 Å². The number of aromatic amines is 2. The van der Waals surface area contributed by atoms with Crippen LogP contribution in [0.1, 0.15) is 32.6 Å². The minimum absolute atomic E-state index is 0.0168. The van der Waals surface area contributed by atoms with Crippen molar-refractivity contribution < 1.29 is 9.18 Å². The molecule has 33 heavy (non-hydrogen) atoms. The van der Waals surface area contributed by atoms with Gasteiger partial charge in [-0.1, -0.05) is 78.5 Å². The van der Waals surface area contributed by atoms with Crippen molar-refractivity contribution in [3.63, 3.8) is 0 Å². The summed E-state index contributed by atoms with van der Waals surface area (Å²) in [5.74, 6) is 0.252. The van der Waals surface area contributed by atoms with E-state index in [0.717, 1.165) is 22.0 Å². The van der Waals surface area contributed by atoms with Gasteiger partial charge in [-0.05, 0) is 35.4 Å². The fourth-order valence-electron chi connectivity index (χ4n) is 3.56. The van der Waals surface area contributed by atoms with Crippen LogP contribution in [0.15, 0.2) is 90.2 Å². The standard InChI is InChI=1S/C26H19FN4OS/c27-19-13-10-17(11-14-19)12-15-23-29-26(31-30-23)33-25(18-6-2-1-3-7-18)24(32)21-16-28-22-9-5-4-8-20(21)22/h1-16,25,28H,(H,29,30,31)/b15-12+. The number of carbonyl (C=O) groups is 1. The maximum atomic E-state index is 13.6. The number of hydrogen-bond donors (Lipinski definition) is 2. The quantitative estimate of drug-likeness (QED) is 0.223. The van der Waals surface area contributed by atoms with Crippen LogP contribution in [0.5, 0.6) is 0 Å². The Morgan fingerprint density at radius 3 is 2.52 bits per heavy atom. The normalized spacial score (nSPS) is 12.4. The summed E-state index contributed by atoms with van der Waals surface area (Å²) < 4.78 is 13.1. The highest BCUT2D eigenvalue weighted by atomic mass is 32.2. The number of fused-ring (bicyclic) bond motifs is 1. The van der Waals surface area contributed by atoms with Crippen molar-refractivity contribution in [3.05, 3.63) is 113 Å². The molecule has 0 saturated heterocycles. The number of H-pyrrole nitrogens is 2. The molecule has 0 spiro atoms. The van der Waals surface area contributed by atoms with E-state index in [9.17, 15) is 9.18 Å². The van der Waals surface area contributed by atoms with Crippen molar-refractivity contribution >= 4 is 40.6 Å². The van der Waals surface area contributed by atoms with Crippen molar-refractivity contribution in [1.29, 1.82) is 0 Å². The van der Waals surface area contributed by atoms with Crippen LogP contribution in [-0.2, 0) is 0 Å². The van der Waals surface area contributed by atoms with Crippen molar-refractivity contribution in [2.45, 2.75) is 10.4 Å². The lowest BCUT2D eigenvalue weighted by molar-refractivity contribution is 0.0991. The highest BCUT2D eigenvalue weighted by molar-refractivity contribution is 8.00. The van der Waals surface area contributed by atoms with Gasteiger partial charge in [0.1, 0.15) is 16.9 Å². The van der Waals surface area contributed by atoms with E-state index in [1.165, 1.54) is 23.9 Å². The summed E-state index contributed by atoms with van der Waals surface area (Å²) in [5.41, 5.74) is 3.28. The predicted molar refractivity (Wildman–Crippen MR) is 129 cm³/mol. The monoisotopic (exact) mass is 454 g/mol. The Labute approximate surface area is 193 Å². The maximum absolute atomic E-state index is 13.6. The zero-order chi connectivity index (χ0) is 22.6. The number of ketones is 1. The molecule has 3 aromatic carbocycles. The number of halogens is 1. The molecule has 0 amide bonds. The van der Waals surface area contributed by atoms with Gasteiger partial charge in [0.15, 0.2) is 5.78 Å². The number of nitrogens with zero attached hydrogens (tertiary/aromatic N) is 2. The van der Waals surface area contributed by atoms with E-state index >= 15 is 0 Å². The molecule has 2 aromatic heterocycles. The molecule has 1 unspecified atom stereocenters. The Balaban J connectivity index is 1.42. The Morgan fingerprint density at radius 2 is 1.70 bits per heavy atom. The molecule has 0 radical (unpaired) electrons. The smallest absolute Gasteiger partial charge is 0.209 e. The lowest BCUT2D eigenvalue weighted by atomic mass is 10.0. The van der Waals surface area contributed by atoms with Gasteiger partial charge in [-0.2, -0.15) is 0 Å². The van der Waals surface area contributed by atoms with Crippen LogP contribution < -0.4 is 0 Å². The first-order valence-corrected chi connectivity index (χ1v) is 11.2. The van der Waals surface area contributed by atoms with Crippen molar-refractivity contribution in [2.75, 3.05) is 0 Å². The molecule has 0 saturated carbocycles. The summed E-state index contributed by atoms with van der Waals surface area (Å²) in [7, 11) is 0. The summed E-state index contributed by atoms with van der Waals surface area (Å²) in [4.78, 5) is 21.3. The van der Waals surface area contributed by atoms with Gasteiger partial charge in [0.05, 0.1) is 0 Å². The Morgan fingerprint density at radius 1 is 0.939 bits per heavy atom. The number of aromatic nitrogens is 4. The molecular formula is C26H19FN4OS. The molecule has 2 N–H and O–H groups in total. The third-order valence-electron chi connectivity index (χ3n) is 5.20. The summed E-state index contributed by atoms with van der Waals surface area (Å²) in [5, 5.41) is 8.03. The second-order valence-corrected chi connectivity index (χ2v) is 8.48. The molecule has 7 heteroatoms. The fourth-order valence-corrected chi connectivity index (χ4v) is 4.54. The molecule has 5 nitrogen and oxygen atoms in total. The molecule has 0 bridgehead atoms. The molecule has 0 aliphatic heterocycles. The maximum Gasteiger partial charge on any atom is 0.209 e. The third kappa shape index (κ3) is 4.63. The van der Waals surface area contributed by atoms with Crippen LogP contribution in [0.25, 0.3) is 23.1 Å². The molecule has 0 aliphatic carbocycles. The Bertz CT molecular complexity index is 1420. The second-order valence-electron chi connectivity index (χ2n) is 7.41. The first-order chi connectivity index (χ1) is 16.2. The van der Waals surface area contributed by atoms with E-state index in [1.807, 2.05) is 60.7 Å². The van der Waals surface area contributed by atoms with Crippen LogP contribution in [0.2, 0.25) is 0 Å². The summed E-state index contributed by atoms with van der Waals surface area (Å²) in [6.45, 7) is 0. The topological polar surface area (TPSA) is 74.4 Å². The van der Waals surface area contributed by atoms with Gasteiger partial charge in [-0.3, -0.25) is 9.89 Å². The van der Waals surface area contributed by atoms with Gasteiger partial charge in [-0.15, -0.1) is 5.10 Å². The van der Waals surface area contributed by atoms with E-state index in [0.29, 0.717) is 16.5 Å².